The van der Waals surface area contributed by atoms with Gasteiger partial charge in [0.05, 0.1) is 0 Å². The Balaban J connectivity index is 1.42. The summed E-state index contributed by atoms with van der Waals surface area (Å²) in [6, 6.07) is 46.7. The fourth-order valence-electron chi connectivity index (χ4n) is 4.79. The number of benzene rings is 6. The fourth-order valence-corrected chi connectivity index (χ4v) is 4.79. The molecule has 0 aromatic heterocycles. The zero-order chi connectivity index (χ0) is 24.3. The smallest absolute Gasteiger partial charge is 0.123 e. The van der Waals surface area contributed by atoms with Gasteiger partial charge in [-0.3, -0.25) is 0 Å². The maximum absolute atomic E-state index is 13.6. The van der Waals surface area contributed by atoms with Crippen molar-refractivity contribution in [1.29, 1.82) is 0 Å². The third-order valence-corrected chi connectivity index (χ3v) is 6.55. The van der Waals surface area contributed by atoms with Crippen molar-refractivity contribution in [2.75, 3.05) is 5.32 Å². The molecule has 0 saturated heterocycles. The van der Waals surface area contributed by atoms with Crippen molar-refractivity contribution in [3.63, 3.8) is 0 Å². The largest absolute Gasteiger partial charge is 0.355 e. The summed E-state index contributed by atoms with van der Waals surface area (Å²) in [6.45, 7) is 0. The minimum Gasteiger partial charge on any atom is -0.355 e. The lowest BCUT2D eigenvalue weighted by molar-refractivity contribution is 0.628. The van der Waals surface area contributed by atoms with Crippen molar-refractivity contribution in [3.8, 4) is 33.4 Å². The van der Waals surface area contributed by atoms with Crippen molar-refractivity contribution >= 4 is 22.1 Å². The minimum absolute atomic E-state index is 0.230. The number of anilines is 2. The highest BCUT2D eigenvalue weighted by atomic mass is 19.1. The van der Waals surface area contributed by atoms with Crippen molar-refractivity contribution in [2.45, 2.75) is 0 Å². The molecule has 0 aliphatic heterocycles. The van der Waals surface area contributed by atoms with Crippen LogP contribution in [0.15, 0.2) is 140 Å². The van der Waals surface area contributed by atoms with Gasteiger partial charge in [0.2, 0.25) is 0 Å². The van der Waals surface area contributed by atoms with Crippen molar-refractivity contribution in [1.82, 2.24) is 0 Å². The van der Waals surface area contributed by atoms with E-state index < -0.39 is 0 Å². The summed E-state index contributed by atoms with van der Waals surface area (Å²) in [5, 5.41) is 5.93. The number of nitrogens with one attached hydrogen (secondary N) is 1. The second-order valence-electron chi connectivity index (χ2n) is 8.83. The average Bonchev–Trinajstić information content (AvgIpc) is 2.94. The molecule has 0 aliphatic rings. The van der Waals surface area contributed by atoms with Crippen LogP contribution in [-0.2, 0) is 0 Å². The Morgan fingerprint density at radius 3 is 1.75 bits per heavy atom. The van der Waals surface area contributed by atoms with Crippen LogP contribution in [0.4, 0.5) is 15.8 Å². The highest BCUT2D eigenvalue weighted by Crippen LogP contribution is 2.40. The number of para-hydroxylation sites is 1. The summed E-state index contributed by atoms with van der Waals surface area (Å²) < 4.78 is 13.6. The van der Waals surface area contributed by atoms with Crippen LogP contribution in [0.2, 0.25) is 0 Å². The zero-order valence-corrected chi connectivity index (χ0v) is 19.7. The molecule has 6 rings (SSSR count). The SMILES string of the molecule is Fc1ccc(-c2cccc3cccc(-c4ccccc4Nc4ccc(-c5ccccc5)cc4)c23)cc1. The Hall–Kier alpha value is -4.69. The van der Waals surface area contributed by atoms with Gasteiger partial charge in [-0.15, -0.1) is 0 Å². The van der Waals surface area contributed by atoms with Crippen molar-refractivity contribution in [3.05, 3.63) is 145 Å². The first kappa shape index (κ1) is 21.8. The van der Waals surface area contributed by atoms with Crippen LogP contribution >= 0.6 is 0 Å². The minimum atomic E-state index is -0.230. The molecular weight excluding hydrogens is 441 g/mol. The molecule has 0 unspecified atom stereocenters. The van der Waals surface area contributed by atoms with E-state index in [1.807, 2.05) is 18.2 Å². The maximum Gasteiger partial charge on any atom is 0.123 e. The number of hydrogen-bond acceptors (Lipinski definition) is 1. The molecule has 6 aromatic rings. The second-order valence-corrected chi connectivity index (χ2v) is 8.83. The second kappa shape index (κ2) is 9.52. The van der Waals surface area contributed by atoms with Crippen LogP contribution < -0.4 is 5.32 Å². The van der Waals surface area contributed by atoms with Crippen molar-refractivity contribution < 1.29 is 4.39 Å². The van der Waals surface area contributed by atoms with Gasteiger partial charge in [0.15, 0.2) is 0 Å². The molecule has 0 fully saturated rings. The topological polar surface area (TPSA) is 12.0 Å². The number of rotatable bonds is 5. The Labute approximate surface area is 210 Å². The molecule has 6 aromatic carbocycles. The fraction of sp³-hybridized carbons (Fsp3) is 0. The molecule has 0 bridgehead atoms. The Kier molecular flexibility index (Phi) is 5.77. The zero-order valence-electron chi connectivity index (χ0n) is 19.7. The third kappa shape index (κ3) is 4.25. The van der Waals surface area contributed by atoms with E-state index in [1.165, 1.54) is 23.3 Å². The lowest BCUT2D eigenvalue weighted by atomic mass is 9.91. The van der Waals surface area contributed by atoms with E-state index in [9.17, 15) is 4.39 Å². The number of halogens is 1. The molecule has 1 N–H and O–H groups in total. The molecule has 0 radical (unpaired) electrons. The van der Waals surface area contributed by atoms with Gasteiger partial charge < -0.3 is 5.32 Å². The van der Waals surface area contributed by atoms with Crippen LogP contribution in [0.25, 0.3) is 44.2 Å². The van der Waals surface area contributed by atoms with E-state index in [4.69, 9.17) is 0 Å². The van der Waals surface area contributed by atoms with Gasteiger partial charge in [-0.25, -0.2) is 4.39 Å². The lowest BCUT2D eigenvalue weighted by Crippen LogP contribution is -1.94. The first-order valence-electron chi connectivity index (χ1n) is 12.1. The summed E-state index contributed by atoms with van der Waals surface area (Å²) in [5.74, 6) is -0.230. The Bertz CT molecular complexity index is 1630. The van der Waals surface area contributed by atoms with E-state index in [-0.39, 0.29) is 5.82 Å². The van der Waals surface area contributed by atoms with Gasteiger partial charge in [-0.2, -0.15) is 0 Å². The highest BCUT2D eigenvalue weighted by Gasteiger charge is 2.13. The van der Waals surface area contributed by atoms with E-state index in [1.54, 1.807) is 0 Å². The number of hydrogen-bond donors (Lipinski definition) is 1. The third-order valence-electron chi connectivity index (χ3n) is 6.55. The van der Waals surface area contributed by atoms with Crippen LogP contribution in [0.5, 0.6) is 0 Å². The van der Waals surface area contributed by atoms with Crippen LogP contribution in [0.3, 0.4) is 0 Å². The molecular formula is C34H24FN. The van der Waals surface area contributed by atoms with Crippen molar-refractivity contribution in [2.24, 2.45) is 0 Å². The van der Waals surface area contributed by atoms with Gasteiger partial charge in [0.25, 0.3) is 0 Å². The molecule has 0 spiro atoms. The molecule has 0 aliphatic carbocycles. The molecule has 172 valence electrons. The summed E-state index contributed by atoms with van der Waals surface area (Å²) in [4.78, 5) is 0. The molecule has 0 amide bonds. The lowest BCUT2D eigenvalue weighted by Gasteiger charge is -2.17. The Morgan fingerprint density at radius 2 is 1.00 bits per heavy atom. The number of fused-ring (bicyclic) bond motifs is 1. The normalized spacial score (nSPS) is 10.9. The van der Waals surface area contributed by atoms with Gasteiger partial charge >= 0.3 is 0 Å². The van der Waals surface area contributed by atoms with Gasteiger partial charge in [0.1, 0.15) is 5.82 Å². The van der Waals surface area contributed by atoms with E-state index >= 15 is 0 Å². The monoisotopic (exact) mass is 465 g/mol. The highest BCUT2D eigenvalue weighted by molar-refractivity contribution is 6.08. The summed E-state index contributed by atoms with van der Waals surface area (Å²) in [5.41, 5.74) is 8.79. The standard InChI is InChI=1S/C34H24FN/c35-28-20-16-26(17-21-28)30-13-6-10-27-11-7-14-32(34(27)30)31-12-4-5-15-33(31)36-29-22-18-25(19-23-29)24-8-2-1-3-9-24/h1-23,36H. The molecule has 2 heteroatoms. The summed E-state index contributed by atoms with van der Waals surface area (Å²) in [7, 11) is 0. The molecule has 0 saturated carbocycles. The van der Waals surface area contributed by atoms with Crippen LogP contribution in [0, 0.1) is 5.82 Å². The van der Waals surface area contributed by atoms with Crippen LogP contribution in [-0.4, -0.2) is 0 Å². The average molecular weight is 466 g/mol. The Morgan fingerprint density at radius 1 is 0.417 bits per heavy atom. The van der Waals surface area contributed by atoms with E-state index in [0.29, 0.717) is 0 Å². The summed E-state index contributed by atoms with van der Waals surface area (Å²) in [6.07, 6.45) is 0. The van der Waals surface area contributed by atoms with E-state index in [0.717, 1.165) is 44.4 Å². The summed E-state index contributed by atoms with van der Waals surface area (Å²) >= 11 is 0. The van der Waals surface area contributed by atoms with Gasteiger partial charge in [-0.1, -0.05) is 109 Å². The van der Waals surface area contributed by atoms with Crippen LogP contribution in [0.1, 0.15) is 0 Å². The first-order valence-corrected chi connectivity index (χ1v) is 12.1. The predicted molar refractivity (Wildman–Crippen MR) is 150 cm³/mol. The first-order chi connectivity index (χ1) is 17.8. The van der Waals surface area contributed by atoms with E-state index in [2.05, 4.69) is 115 Å². The molecule has 0 atom stereocenters. The van der Waals surface area contributed by atoms with Gasteiger partial charge in [-0.05, 0) is 68.9 Å². The molecule has 0 heterocycles. The molecule has 36 heavy (non-hydrogen) atoms. The quantitative estimate of drug-likeness (QED) is 0.267. The van der Waals surface area contributed by atoms with Gasteiger partial charge in [0, 0.05) is 16.9 Å². The maximum atomic E-state index is 13.6. The predicted octanol–water partition coefficient (Wildman–Crippen LogP) is 9.72. The molecule has 1 nitrogen and oxygen atoms in total.